The van der Waals surface area contributed by atoms with Gasteiger partial charge >= 0.3 is 0 Å². The predicted molar refractivity (Wildman–Crippen MR) is 160 cm³/mol. The van der Waals surface area contributed by atoms with Crippen molar-refractivity contribution in [3.63, 3.8) is 0 Å². The third-order valence-electron chi connectivity index (χ3n) is 6.69. The molecule has 0 atom stereocenters. The standard InChI is InChI=1S/C33H28N2O3S/c1-22-18-23(2)30(24(3)19-22)21-38-28-16-14-25(15-17-28)20-29-31(36)34(26-10-6-4-7-11-26)33(39)35(32(29)37)27-12-8-5-9-13-27/h4-20H,21H2,1-3H3. The van der Waals surface area contributed by atoms with E-state index in [1.807, 2.05) is 60.7 Å². The third kappa shape index (κ3) is 5.38. The number of hydrogen-bond donors (Lipinski definition) is 0. The molecule has 6 heteroatoms. The van der Waals surface area contributed by atoms with Gasteiger partial charge < -0.3 is 4.74 Å². The van der Waals surface area contributed by atoms with E-state index in [2.05, 4.69) is 32.9 Å². The molecular weight excluding hydrogens is 504 g/mol. The van der Waals surface area contributed by atoms with E-state index in [-0.39, 0.29) is 10.7 Å². The van der Waals surface area contributed by atoms with Crippen LogP contribution in [0.3, 0.4) is 0 Å². The minimum Gasteiger partial charge on any atom is -0.489 e. The summed E-state index contributed by atoms with van der Waals surface area (Å²) in [5.74, 6) is -0.223. The number of rotatable bonds is 6. The number of amides is 2. The molecule has 0 N–H and O–H groups in total. The highest BCUT2D eigenvalue weighted by molar-refractivity contribution is 7.81. The van der Waals surface area contributed by atoms with Gasteiger partial charge in [0.2, 0.25) is 0 Å². The first-order valence-corrected chi connectivity index (χ1v) is 13.1. The van der Waals surface area contributed by atoms with Crippen LogP contribution < -0.4 is 14.5 Å². The zero-order chi connectivity index (χ0) is 27.5. The largest absolute Gasteiger partial charge is 0.489 e. The van der Waals surface area contributed by atoms with Crippen LogP contribution in [0.5, 0.6) is 5.75 Å². The number of aryl methyl sites for hydroxylation is 3. The van der Waals surface area contributed by atoms with Crippen molar-refractivity contribution >= 4 is 46.6 Å². The second kappa shape index (κ2) is 11.1. The fourth-order valence-electron chi connectivity index (χ4n) is 4.76. The van der Waals surface area contributed by atoms with E-state index >= 15 is 0 Å². The molecule has 1 aliphatic rings. The zero-order valence-corrected chi connectivity index (χ0v) is 22.9. The average molecular weight is 533 g/mol. The first-order valence-electron chi connectivity index (χ1n) is 12.7. The zero-order valence-electron chi connectivity index (χ0n) is 22.0. The van der Waals surface area contributed by atoms with Gasteiger partial charge in [0.05, 0.1) is 11.4 Å². The van der Waals surface area contributed by atoms with Gasteiger partial charge in [0.1, 0.15) is 17.9 Å². The van der Waals surface area contributed by atoms with E-state index in [0.717, 1.165) is 0 Å². The SMILES string of the molecule is Cc1cc(C)c(COc2ccc(C=C3C(=O)N(c4ccccc4)C(=S)N(c4ccccc4)C3=O)cc2)c(C)c1. The van der Waals surface area contributed by atoms with Crippen molar-refractivity contribution in [2.45, 2.75) is 27.4 Å². The summed E-state index contributed by atoms with van der Waals surface area (Å²) in [5.41, 5.74) is 6.72. The maximum absolute atomic E-state index is 13.6. The topological polar surface area (TPSA) is 49.9 Å². The molecule has 0 aliphatic carbocycles. The monoisotopic (exact) mass is 532 g/mol. The molecule has 0 spiro atoms. The molecule has 0 bridgehead atoms. The van der Waals surface area contributed by atoms with E-state index < -0.39 is 11.8 Å². The lowest BCUT2D eigenvalue weighted by Crippen LogP contribution is -2.56. The van der Waals surface area contributed by atoms with E-state index in [1.54, 1.807) is 30.3 Å². The van der Waals surface area contributed by atoms with Crippen LogP contribution >= 0.6 is 12.2 Å². The van der Waals surface area contributed by atoms with E-state index in [9.17, 15) is 9.59 Å². The number of hydrogen-bond acceptors (Lipinski definition) is 4. The van der Waals surface area contributed by atoms with Crippen molar-refractivity contribution in [1.82, 2.24) is 0 Å². The Morgan fingerprint density at radius 3 is 1.69 bits per heavy atom. The smallest absolute Gasteiger partial charge is 0.270 e. The molecule has 1 fully saturated rings. The van der Waals surface area contributed by atoms with Crippen LogP contribution in [0.15, 0.2) is 103 Å². The first-order chi connectivity index (χ1) is 18.8. The summed E-state index contributed by atoms with van der Waals surface area (Å²) in [6.07, 6.45) is 1.61. The fraction of sp³-hybridized carbons (Fsp3) is 0.121. The van der Waals surface area contributed by atoms with Crippen LogP contribution in [0, 0.1) is 20.8 Å². The lowest BCUT2D eigenvalue weighted by Gasteiger charge is -2.36. The minimum atomic E-state index is -0.464. The van der Waals surface area contributed by atoms with Crippen molar-refractivity contribution in [1.29, 1.82) is 0 Å². The number of carbonyl (C=O) groups is 2. The number of anilines is 2. The molecule has 1 saturated heterocycles. The molecule has 194 valence electrons. The Kier molecular flexibility index (Phi) is 7.39. The van der Waals surface area contributed by atoms with Crippen molar-refractivity contribution in [2.75, 3.05) is 9.80 Å². The minimum absolute atomic E-state index is 0.0240. The Bertz CT molecular complexity index is 1490. The summed E-state index contributed by atoms with van der Waals surface area (Å²) in [4.78, 5) is 30.1. The molecule has 4 aromatic carbocycles. The number of carbonyl (C=O) groups excluding carboxylic acids is 2. The molecule has 4 aromatic rings. The number of nitrogens with zero attached hydrogens (tertiary/aromatic N) is 2. The van der Waals surface area contributed by atoms with Gasteiger partial charge in [-0.15, -0.1) is 0 Å². The summed E-state index contributed by atoms with van der Waals surface area (Å²) >= 11 is 5.66. The van der Waals surface area contributed by atoms with Crippen molar-refractivity contribution in [3.8, 4) is 5.75 Å². The van der Waals surface area contributed by atoms with Crippen LogP contribution in [-0.2, 0) is 16.2 Å². The number of benzene rings is 4. The molecule has 0 saturated carbocycles. The van der Waals surface area contributed by atoms with Crippen molar-refractivity contribution in [3.05, 3.63) is 130 Å². The first kappa shape index (κ1) is 26.1. The fourth-order valence-corrected chi connectivity index (χ4v) is 5.14. The average Bonchev–Trinajstić information content (AvgIpc) is 2.92. The van der Waals surface area contributed by atoms with Crippen molar-refractivity contribution in [2.24, 2.45) is 0 Å². The van der Waals surface area contributed by atoms with Gasteiger partial charge in [-0.05, 0) is 97.7 Å². The van der Waals surface area contributed by atoms with Crippen molar-refractivity contribution < 1.29 is 14.3 Å². The Hall–Kier alpha value is -4.55. The van der Waals surface area contributed by atoms with Gasteiger partial charge in [0.25, 0.3) is 11.8 Å². The van der Waals surface area contributed by atoms with Gasteiger partial charge in [-0.25, -0.2) is 0 Å². The summed E-state index contributed by atoms with van der Waals surface area (Å²) in [6, 6.07) is 29.9. The molecule has 1 aliphatic heterocycles. The number of thiocarbonyl (C=S) groups is 1. The highest BCUT2D eigenvalue weighted by atomic mass is 32.1. The highest BCUT2D eigenvalue weighted by Gasteiger charge is 2.41. The predicted octanol–water partition coefficient (Wildman–Crippen LogP) is 6.94. The Balaban J connectivity index is 1.44. The summed E-state index contributed by atoms with van der Waals surface area (Å²) in [5, 5.41) is 0.116. The quantitative estimate of drug-likeness (QED) is 0.153. The third-order valence-corrected chi connectivity index (χ3v) is 7.06. The Morgan fingerprint density at radius 2 is 1.21 bits per heavy atom. The summed E-state index contributed by atoms with van der Waals surface area (Å²) in [6.45, 7) is 6.74. The van der Waals surface area contributed by atoms with Gasteiger partial charge in [-0.1, -0.05) is 66.2 Å². The van der Waals surface area contributed by atoms with Gasteiger partial charge in [-0.2, -0.15) is 0 Å². The van der Waals surface area contributed by atoms with Gasteiger partial charge in [0, 0.05) is 0 Å². The summed E-state index contributed by atoms with van der Waals surface area (Å²) in [7, 11) is 0. The lowest BCUT2D eigenvalue weighted by atomic mass is 10.0. The second-order valence-electron chi connectivity index (χ2n) is 9.53. The molecule has 0 radical (unpaired) electrons. The van der Waals surface area contributed by atoms with Crippen LogP contribution in [0.1, 0.15) is 27.8 Å². The molecule has 5 nitrogen and oxygen atoms in total. The van der Waals surface area contributed by atoms with E-state index in [1.165, 1.54) is 32.1 Å². The molecule has 0 aromatic heterocycles. The molecule has 1 heterocycles. The summed E-state index contributed by atoms with van der Waals surface area (Å²) < 4.78 is 6.06. The number of ether oxygens (including phenoxy) is 1. The Labute approximate surface area is 234 Å². The molecule has 2 amide bonds. The number of para-hydroxylation sites is 2. The van der Waals surface area contributed by atoms with Crippen LogP contribution in [-0.4, -0.2) is 16.9 Å². The highest BCUT2D eigenvalue weighted by Crippen LogP contribution is 2.30. The second-order valence-corrected chi connectivity index (χ2v) is 9.89. The van der Waals surface area contributed by atoms with Gasteiger partial charge in [-0.3, -0.25) is 19.4 Å². The molecular formula is C33H28N2O3S. The van der Waals surface area contributed by atoms with Crippen LogP contribution in [0.25, 0.3) is 6.08 Å². The van der Waals surface area contributed by atoms with E-state index in [4.69, 9.17) is 17.0 Å². The maximum Gasteiger partial charge on any atom is 0.270 e. The lowest BCUT2D eigenvalue weighted by molar-refractivity contribution is -0.120. The van der Waals surface area contributed by atoms with Crippen LogP contribution in [0.4, 0.5) is 11.4 Å². The normalized spacial score (nSPS) is 13.6. The van der Waals surface area contributed by atoms with Gasteiger partial charge in [0.15, 0.2) is 5.11 Å². The molecule has 39 heavy (non-hydrogen) atoms. The molecule has 5 rings (SSSR count). The maximum atomic E-state index is 13.6. The van der Waals surface area contributed by atoms with E-state index in [0.29, 0.717) is 29.3 Å². The Morgan fingerprint density at radius 1 is 0.718 bits per heavy atom. The molecule has 0 unspecified atom stereocenters. The van der Waals surface area contributed by atoms with Crippen LogP contribution in [0.2, 0.25) is 0 Å².